The molecule has 1 aromatic rings. The third kappa shape index (κ3) is 2.43. The van der Waals surface area contributed by atoms with Gasteiger partial charge in [-0.3, -0.25) is 4.68 Å². The van der Waals surface area contributed by atoms with Gasteiger partial charge in [-0.15, -0.1) is 0 Å². The summed E-state index contributed by atoms with van der Waals surface area (Å²) in [6, 6.07) is 0. The van der Waals surface area contributed by atoms with Gasteiger partial charge in [0.15, 0.2) is 5.75 Å². The van der Waals surface area contributed by atoms with Crippen LogP contribution in [0.5, 0.6) is 5.75 Å². The van der Waals surface area contributed by atoms with Crippen molar-refractivity contribution < 1.29 is 17.9 Å². The monoisotopic (exact) mass is 222 g/mol. The topological polar surface area (TPSA) is 27.1 Å². The Hall–Kier alpha value is -1.20. The average Bonchev–Trinajstić information content (AvgIpc) is 2.44. The molecule has 6 heteroatoms. The summed E-state index contributed by atoms with van der Waals surface area (Å²) in [5.41, 5.74) is -1.49. The van der Waals surface area contributed by atoms with Crippen LogP contribution in [0.1, 0.15) is 26.5 Å². The van der Waals surface area contributed by atoms with Crippen LogP contribution in [-0.4, -0.2) is 16.9 Å². The van der Waals surface area contributed by atoms with Crippen LogP contribution in [0, 0.1) is 0 Å². The Kier molecular flexibility index (Phi) is 2.71. The van der Waals surface area contributed by atoms with E-state index in [1.807, 2.05) is 0 Å². The molecule has 86 valence electrons. The molecule has 0 aliphatic heterocycles. The summed E-state index contributed by atoms with van der Waals surface area (Å²) in [7, 11) is 1.19. The van der Waals surface area contributed by atoms with Gasteiger partial charge in [0.1, 0.15) is 0 Å². The minimum atomic E-state index is -4.48. The number of alkyl halides is 3. The van der Waals surface area contributed by atoms with E-state index in [0.29, 0.717) is 0 Å². The lowest BCUT2D eigenvalue weighted by molar-refractivity contribution is -0.142. The molecule has 0 unspecified atom stereocenters. The Morgan fingerprint density at radius 3 is 2.07 bits per heavy atom. The Morgan fingerprint density at radius 1 is 1.27 bits per heavy atom. The van der Waals surface area contributed by atoms with Crippen LogP contribution >= 0.6 is 0 Å². The molecule has 0 radical (unpaired) electrons. The molecule has 0 bridgehead atoms. The van der Waals surface area contributed by atoms with Gasteiger partial charge in [0.05, 0.1) is 18.8 Å². The Balaban J connectivity index is 3.24. The van der Waals surface area contributed by atoms with Gasteiger partial charge in [-0.05, 0) is 20.8 Å². The van der Waals surface area contributed by atoms with E-state index < -0.39 is 17.4 Å². The molecule has 0 atom stereocenters. The van der Waals surface area contributed by atoms with E-state index >= 15 is 0 Å². The molecule has 0 saturated heterocycles. The smallest absolute Gasteiger partial charge is 0.438 e. The maximum atomic E-state index is 12.5. The lowest BCUT2D eigenvalue weighted by Crippen LogP contribution is -2.23. The van der Waals surface area contributed by atoms with Crippen molar-refractivity contribution in [3.8, 4) is 5.75 Å². The first-order chi connectivity index (χ1) is 6.66. The van der Waals surface area contributed by atoms with Crippen LogP contribution in [0.4, 0.5) is 13.2 Å². The number of hydrogen-bond acceptors (Lipinski definition) is 2. The van der Waals surface area contributed by atoms with E-state index in [1.165, 1.54) is 18.0 Å². The fraction of sp³-hybridized carbons (Fsp3) is 0.667. The quantitative estimate of drug-likeness (QED) is 0.730. The van der Waals surface area contributed by atoms with Gasteiger partial charge in [-0.2, -0.15) is 18.3 Å². The van der Waals surface area contributed by atoms with E-state index in [9.17, 15) is 13.2 Å². The summed E-state index contributed by atoms with van der Waals surface area (Å²) in [6.45, 7) is 5.29. The highest BCUT2D eigenvalue weighted by Gasteiger charge is 2.39. The van der Waals surface area contributed by atoms with E-state index in [0.717, 1.165) is 0 Å². The van der Waals surface area contributed by atoms with Crippen LogP contribution in [0.3, 0.4) is 0 Å². The lowest BCUT2D eigenvalue weighted by Gasteiger charge is -2.18. The first-order valence-corrected chi connectivity index (χ1v) is 4.37. The van der Waals surface area contributed by atoms with Gasteiger partial charge >= 0.3 is 6.18 Å². The summed E-state index contributed by atoms with van der Waals surface area (Å²) in [5.74, 6) is -0.252. The van der Waals surface area contributed by atoms with Gasteiger partial charge in [0.2, 0.25) is 5.69 Å². The molecule has 15 heavy (non-hydrogen) atoms. The molecule has 0 fully saturated rings. The SMILES string of the molecule is COc1cn(C(C)(C)C)nc1C(F)(F)F. The summed E-state index contributed by atoms with van der Waals surface area (Å²) in [5, 5.41) is 3.49. The fourth-order valence-electron chi connectivity index (χ4n) is 1.05. The predicted octanol–water partition coefficient (Wildman–Crippen LogP) is 2.67. The van der Waals surface area contributed by atoms with Crippen LogP contribution in [-0.2, 0) is 11.7 Å². The Bertz CT molecular complexity index is 349. The standard InChI is InChI=1S/C9H13F3N2O/c1-8(2,3)14-5-6(15-4)7(13-14)9(10,11)12/h5H,1-4H3. The summed E-state index contributed by atoms with van der Waals surface area (Å²) < 4.78 is 43.3. The van der Waals surface area contributed by atoms with Gasteiger partial charge in [-0.25, -0.2) is 0 Å². The zero-order chi connectivity index (χ0) is 11.9. The molecule has 3 nitrogen and oxygen atoms in total. The molecular weight excluding hydrogens is 209 g/mol. The van der Waals surface area contributed by atoms with Crippen molar-refractivity contribution in [3.63, 3.8) is 0 Å². The fourth-order valence-corrected chi connectivity index (χ4v) is 1.05. The molecule has 1 heterocycles. The average molecular weight is 222 g/mol. The van der Waals surface area contributed by atoms with E-state index in [1.54, 1.807) is 20.8 Å². The molecule has 0 aliphatic rings. The minimum absolute atomic E-state index is 0.252. The van der Waals surface area contributed by atoms with Crippen LogP contribution in [0.2, 0.25) is 0 Å². The number of nitrogens with zero attached hydrogens (tertiary/aromatic N) is 2. The predicted molar refractivity (Wildman–Crippen MR) is 48.8 cm³/mol. The maximum absolute atomic E-state index is 12.5. The van der Waals surface area contributed by atoms with Crippen molar-refractivity contribution in [2.75, 3.05) is 7.11 Å². The minimum Gasteiger partial charge on any atom is -0.493 e. The molecule has 1 rings (SSSR count). The van der Waals surface area contributed by atoms with Crippen molar-refractivity contribution in [1.29, 1.82) is 0 Å². The lowest BCUT2D eigenvalue weighted by atomic mass is 10.1. The maximum Gasteiger partial charge on any atom is 0.438 e. The molecule has 0 saturated carbocycles. The first kappa shape index (κ1) is 11.9. The molecule has 0 N–H and O–H groups in total. The number of rotatable bonds is 1. The van der Waals surface area contributed by atoms with Crippen LogP contribution < -0.4 is 4.74 Å². The van der Waals surface area contributed by atoms with Gasteiger partial charge < -0.3 is 4.74 Å². The highest BCUT2D eigenvalue weighted by Crippen LogP contribution is 2.35. The highest BCUT2D eigenvalue weighted by molar-refractivity contribution is 5.27. The molecule has 0 amide bonds. The van der Waals surface area contributed by atoms with Crippen molar-refractivity contribution in [2.45, 2.75) is 32.5 Å². The van der Waals surface area contributed by atoms with Crippen LogP contribution in [0.15, 0.2) is 6.20 Å². The molecule has 1 aromatic heterocycles. The zero-order valence-corrected chi connectivity index (χ0v) is 9.01. The number of ether oxygens (including phenoxy) is 1. The van der Waals surface area contributed by atoms with Gasteiger partial charge in [-0.1, -0.05) is 0 Å². The van der Waals surface area contributed by atoms with Crippen molar-refractivity contribution in [2.24, 2.45) is 0 Å². The van der Waals surface area contributed by atoms with Gasteiger partial charge in [0, 0.05) is 0 Å². The van der Waals surface area contributed by atoms with Crippen molar-refractivity contribution >= 4 is 0 Å². The summed E-state index contributed by atoms with van der Waals surface area (Å²) in [4.78, 5) is 0. The van der Waals surface area contributed by atoms with Crippen LogP contribution in [0.25, 0.3) is 0 Å². The first-order valence-electron chi connectivity index (χ1n) is 4.37. The van der Waals surface area contributed by atoms with Gasteiger partial charge in [0.25, 0.3) is 0 Å². The third-order valence-electron chi connectivity index (χ3n) is 1.86. The molecule has 0 aliphatic carbocycles. The normalized spacial score (nSPS) is 13.0. The van der Waals surface area contributed by atoms with E-state index in [-0.39, 0.29) is 5.75 Å². The molecule has 0 aromatic carbocycles. The van der Waals surface area contributed by atoms with E-state index in [2.05, 4.69) is 9.84 Å². The zero-order valence-electron chi connectivity index (χ0n) is 9.01. The molecular formula is C9H13F3N2O. The van der Waals surface area contributed by atoms with Crippen molar-refractivity contribution in [1.82, 2.24) is 9.78 Å². The largest absolute Gasteiger partial charge is 0.493 e. The highest BCUT2D eigenvalue weighted by atomic mass is 19.4. The second kappa shape index (κ2) is 3.43. The second-order valence-corrected chi connectivity index (χ2v) is 4.16. The Morgan fingerprint density at radius 2 is 1.80 bits per heavy atom. The number of aromatic nitrogens is 2. The number of methoxy groups -OCH3 is 1. The van der Waals surface area contributed by atoms with E-state index in [4.69, 9.17) is 0 Å². The summed E-state index contributed by atoms with van der Waals surface area (Å²) in [6.07, 6.45) is -3.23. The Labute approximate surface area is 85.8 Å². The number of halogens is 3. The van der Waals surface area contributed by atoms with Crippen molar-refractivity contribution in [3.05, 3.63) is 11.9 Å². The summed E-state index contributed by atoms with van der Waals surface area (Å²) >= 11 is 0. The number of hydrogen-bond donors (Lipinski definition) is 0. The molecule has 0 spiro atoms. The third-order valence-corrected chi connectivity index (χ3v) is 1.86. The second-order valence-electron chi connectivity index (χ2n) is 4.16.